The van der Waals surface area contributed by atoms with Crippen LogP contribution in [0.15, 0.2) is 42.5 Å². The second-order valence-electron chi connectivity index (χ2n) is 4.43. The molecular weight excluding hydrogens is 272 g/mol. The summed E-state index contributed by atoms with van der Waals surface area (Å²) in [6.07, 6.45) is 0.694. The Balaban J connectivity index is 1.59. The van der Waals surface area contributed by atoms with Crippen LogP contribution in [0.5, 0.6) is 17.2 Å². The lowest BCUT2D eigenvalue weighted by atomic mass is 10.2. The van der Waals surface area contributed by atoms with Crippen molar-refractivity contribution in [3.63, 3.8) is 0 Å². The zero-order valence-corrected chi connectivity index (χ0v) is 11.3. The van der Waals surface area contributed by atoms with E-state index in [1.54, 1.807) is 12.1 Å². The zero-order chi connectivity index (χ0) is 14.5. The first-order chi connectivity index (χ1) is 10.4. The van der Waals surface area contributed by atoms with E-state index in [1.165, 1.54) is 0 Å². The minimum atomic E-state index is 0.0510. The molecule has 0 spiro atoms. The lowest BCUT2D eigenvalue weighted by Gasteiger charge is -2.10. The molecule has 2 aromatic rings. The predicted octanol–water partition coefficient (Wildman–Crippen LogP) is 2.78. The summed E-state index contributed by atoms with van der Waals surface area (Å²) < 4.78 is 21.4. The fourth-order valence-corrected chi connectivity index (χ4v) is 2.05. The van der Waals surface area contributed by atoms with Crippen LogP contribution in [0.2, 0.25) is 0 Å². The quantitative estimate of drug-likeness (QED) is 0.464. The Kier molecular flexibility index (Phi) is 4.02. The van der Waals surface area contributed by atoms with Crippen molar-refractivity contribution in [3.05, 3.63) is 53.6 Å². The summed E-state index contributed by atoms with van der Waals surface area (Å²) in [5, 5.41) is 0. The van der Waals surface area contributed by atoms with Crippen molar-refractivity contribution >= 4 is 6.29 Å². The summed E-state index contributed by atoms with van der Waals surface area (Å²) >= 11 is 0. The van der Waals surface area contributed by atoms with Crippen LogP contribution in [0.3, 0.4) is 0 Å². The first kappa shape index (κ1) is 13.5. The van der Waals surface area contributed by atoms with Crippen LogP contribution in [0, 0.1) is 0 Å². The Morgan fingerprint density at radius 3 is 2.76 bits per heavy atom. The van der Waals surface area contributed by atoms with Gasteiger partial charge in [0.05, 0.1) is 6.61 Å². The fraction of sp³-hybridized carbons (Fsp3) is 0.188. The number of benzene rings is 2. The second kappa shape index (κ2) is 6.28. The summed E-state index contributed by atoms with van der Waals surface area (Å²) in [6.45, 7) is 0.612. The molecule has 0 amide bonds. The number of rotatable bonds is 6. The van der Waals surface area contributed by atoms with Gasteiger partial charge in [0.25, 0.3) is 0 Å². The molecule has 0 aliphatic carbocycles. The van der Waals surface area contributed by atoms with E-state index in [9.17, 15) is 4.79 Å². The number of ether oxygens (including phenoxy) is 4. The van der Waals surface area contributed by atoms with Gasteiger partial charge in [0, 0.05) is 0 Å². The highest BCUT2D eigenvalue weighted by Crippen LogP contribution is 2.39. The average Bonchev–Trinajstić information content (AvgIpc) is 3.00. The summed E-state index contributed by atoms with van der Waals surface area (Å²) in [4.78, 5) is 11.2. The normalized spacial score (nSPS) is 12.2. The van der Waals surface area contributed by atoms with Crippen LogP contribution in [-0.2, 0) is 11.3 Å². The largest absolute Gasteiger partial charge is 0.467 e. The van der Waals surface area contributed by atoms with Crippen LogP contribution >= 0.6 is 0 Å². The highest BCUT2D eigenvalue weighted by atomic mass is 16.7. The molecule has 1 heterocycles. The molecule has 0 N–H and O–H groups in total. The van der Waals surface area contributed by atoms with Crippen molar-refractivity contribution in [1.82, 2.24) is 0 Å². The second-order valence-corrected chi connectivity index (χ2v) is 4.43. The third-order valence-electron chi connectivity index (χ3n) is 3.06. The Morgan fingerprint density at radius 1 is 1.10 bits per heavy atom. The Bertz CT molecular complexity index is 624. The lowest BCUT2D eigenvalue weighted by Crippen LogP contribution is -2.05. The van der Waals surface area contributed by atoms with Gasteiger partial charge in [-0.05, 0) is 17.7 Å². The summed E-state index contributed by atoms with van der Waals surface area (Å²) in [6, 6.07) is 13.2. The van der Waals surface area contributed by atoms with E-state index in [0.29, 0.717) is 35.7 Å². The van der Waals surface area contributed by atoms with Crippen LogP contribution in [0.25, 0.3) is 0 Å². The molecule has 108 valence electrons. The molecule has 0 bridgehead atoms. The molecule has 0 saturated carbocycles. The van der Waals surface area contributed by atoms with Crippen LogP contribution in [0.4, 0.5) is 0 Å². The van der Waals surface area contributed by atoms with Gasteiger partial charge in [-0.1, -0.05) is 30.3 Å². The summed E-state index contributed by atoms with van der Waals surface area (Å²) in [7, 11) is 0. The Labute approximate surface area is 122 Å². The topological polar surface area (TPSA) is 54.0 Å². The Morgan fingerprint density at radius 2 is 1.95 bits per heavy atom. The molecule has 0 fully saturated rings. The highest BCUT2D eigenvalue weighted by Gasteiger charge is 2.21. The van der Waals surface area contributed by atoms with Crippen molar-refractivity contribution in [3.8, 4) is 17.2 Å². The Hall–Kier alpha value is -2.53. The van der Waals surface area contributed by atoms with E-state index in [0.717, 1.165) is 5.56 Å². The third kappa shape index (κ3) is 2.98. The van der Waals surface area contributed by atoms with Gasteiger partial charge in [0.1, 0.15) is 11.3 Å². The maximum Gasteiger partial charge on any atom is 0.231 e. The van der Waals surface area contributed by atoms with Crippen molar-refractivity contribution < 1.29 is 23.7 Å². The van der Waals surface area contributed by atoms with Crippen LogP contribution in [0.1, 0.15) is 15.9 Å². The first-order valence-corrected chi connectivity index (χ1v) is 6.51. The van der Waals surface area contributed by atoms with Gasteiger partial charge < -0.3 is 18.9 Å². The monoisotopic (exact) mass is 286 g/mol. The van der Waals surface area contributed by atoms with Gasteiger partial charge in [-0.2, -0.15) is 0 Å². The molecule has 3 rings (SSSR count). The molecule has 1 aliphatic heterocycles. The minimum absolute atomic E-state index is 0.0510. The first-order valence-electron chi connectivity index (χ1n) is 6.51. The van der Waals surface area contributed by atoms with Crippen molar-refractivity contribution in [2.75, 3.05) is 13.6 Å². The molecule has 2 aromatic carbocycles. The lowest BCUT2D eigenvalue weighted by molar-refractivity contribution is 0.00468. The molecule has 21 heavy (non-hydrogen) atoms. The van der Waals surface area contributed by atoms with Crippen molar-refractivity contribution in [1.29, 1.82) is 0 Å². The summed E-state index contributed by atoms with van der Waals surface area (Å²) in [5.74, 6) is 1.39. The molecule has 5 nitrogen and oxygen atoms in total. The standard InChI is InChI=1S/C16H14O5/c17-8-13-14(6-7-15-16(13)21-11-20-15)19-10-18-9-12-4-2-1-3-5-12/h1-8H,9-11H2. The van der Waals surface area contributed by atoms with E-state index in [4.69, 9.17) is 18.9 Å². The summed E-state index contributed by atoms with van der Waals surface area (Å²) in [5.41, 5.74) is 1.40. The van der Waals surface area contributed by atoms with Gasteiger partial charge in [-0.3, -0.25) is 4.79 Å². The highest BCUT2D eigenvalue weighted by molar-refractivity contribution is 5.85. The van der Waals surface area contributed by atoms with E-state index < -0.39 is 0 Å². The third-order valence-corrected chi connectivity index (χ3v) is 3.06. The zero-order valence-electron chi connectivity index (χ0n) is 11.3. The smallest absolute Gasteiger partial charge is 0.231 e. The SMILES string of the molecule is O=Cc1c(OCOCc2ccccc2)ccc2c1OCO2. The molecular formula is C16H14O5. The molecule has 0 unspecified atom stereocenters. The maximum absolute atomic E-state index is 11.2. The molecule has 0 saturated heterocycles. The molecule has 0 radical (unpaired) electrons. The van der Waals surface area contributed by atoms with E-state index >= 15 is 0 Å². The number of aldehydes is 1. The number of carbonyl (C=O) groups is 1. The van der Waals surface area contributed by atoms with E-state index in [1.807, 2.05) is 30.3 Å². The van der Waals surface area contributed by atoms with E-state index in [2.05, 4.69) is 0 Å². The average molecular weight is 286 g/mol. The van der Waals surface area contributed by atoms with Gasteiger partial charge >= 0.3 is 0 Å². The molecule has 0 atom stereocenters. The van der Waals surface area contributed by atoms with Gasteiger partial charge in [0.15, 0.2) is 24.6 Å². The van der Waals surface area contributed by atoms with Gasteiger partial charge in [-0.25, -0.2) is 0 Å². The molecule has 0 aromatic heterocycles. The van der Waals surface area contributed by atoms with Crippen LogP contribution in [-0.4, -0.2) is 19.9 Å². The molecule has 1 aliphatic rings. The van der Waals surface area contributed by atoms with E-state index in [-0.39, 0.29) is 13.6 Å². The maximum atomic E-state index is 11.2. The minimum Gasteiger partial charge on any atom is -0.467 e. The number of hydrogen-bond donors (Lipinski definition) is 0. The van der Waals surface area contributed by atoms with Crippen LogP contribution < -0.4 is 14.2 Å². The number of hydrogen-bond acceptors (Lipinski definition) is 5. The predicted molar refractivity (Wildman–Crippen MR) is 74.7 cm³/mol. The van der Waals surface area contributed by atoms with Crippen molar-refractivity contribution in [2.45, 2.75) is 6.61 Å². The van der Waals surface area contributed by atoms with Gasteiger partial charge in [-0.15, -0.1) is 0 Å². The number of carbonyl (C=O) groups excluding carboxylic acids is 1. The molecule has 5 heteroatoms. The van der Waals surface area contributed by atoms with Crippen molar-refractivity contribution in [2.24, 2.45) is 0 Å². The van der Waals surface area contributed by atoms with Gasteiger partial charge in [0.2, 0.25) is 6.79 Å². The number of fused-ring (bicyclic) bond motifs is 1. The fourth-order valence-electron chi connectivity index (χ4n) is 2.05.